The number of guanidine groups is 1. The van der Waals surface area contributed by atoms with Crippen LogP contribution in [0.1, 0.15) is 104 Å². The van der Waals surface area contributed by atoms with Crippen LogP contribution in [0.2, 0.25) is 0 Å². The summed E-state index contributed by atoms with van der Waals surface area (Å²) in [6.45, 7) is 21.6. The number of carbonyl (C=O) groups excluding carboxylic acids is 1. The highest BCUT2D eigenvalue weighted by Crippen LogP contribution is 2.24. The van der Waals surface area contributed by atoms with Gasteiger partial charge in [0.1, 0.15) is 5.75 Å². The lowest BCUT2D eigenvalue weighted by molar-refractivity contribution is -0.117. The van der Waals surface area contributed by atoms with Gasteiger partial charge in [-0.1, -0.05) is 129 Å². The van der Waals surface area contributed by atoms with Crippen molar-refractivity contribution in [2.45, 2.75) is 108 Å². The van der Waals surface area contributed by atoms with Crippen molar-refractivity contribution in [3.8, 4) is 17.2 Å². The summed E-state index contributed by atoms with van der Waals surface area (Å²) in [5, 5.41) is 28.1. The van der Waals surface area contributed by atoms with E-state index in [1.807, 2.05) is 63.9 Å². The molecule has 6 rings (SSSR count). The Kier molecular flexibility index (Phi) is 49.6. The number of nitrogens with two attached hydrogens (primary N) is 4. The Hall–Kier alpha value is -5.57. The molecule has 0 saturated heterocycles. The van der Waals surface area contributed by atoms with E-state index in [1.165, 1.54) is 45.1 Å². The van der Waals surface area contributed by atoms with Gasteiger partial charge < -0.3 is 48.2 Å². The molecule has 2 aromatic heterocycles. The van der Waals surface area contributed by atoms with Crippen LogP contribution in [0.4, 0.5) is 0 Å². The molecule has 4 aromatic carbocycles. The minimum absolute atomic E-state index is 0.0423. The van der Waals surface area contributed by atoms with E-state index in [2.05, 4.69) is 134 Å². The van der Waals surface area contributed by atoms with Crippen molar-refractivity contribution in [2.75, 3.05) is 30.9 Å². The Morgan fingerprint density at radius 1 is 0.682 bits per heavy atom. The topological polar surface area (TPSA) is 239 Å². The molecular formula is C52H86N8O4S2. The zero-order chi connectivity index (χ0) is 51.0. The van der Waals surface area contributed by atoms with Gasteiger partial charge in [0, 0.05) is 42.0 Å². The number of H-pyrrole nitrogens is 2. The summed E-state index contributed by atoms with van der Waals surface area (Å²) in [4.78, 5) is 23.2. The van der Waals surface area contributed by atoms with Crippen molar-refractivity contribution in [3.05, 3.63) is 144 Å². The molecule has 370 valence electrons. The summed E-state index contributed by atoms with van der Waals surface area (Å²) < 4.78 is 0. The van der Waals surface area contributed by atoms with Crippen LogP contribution in [0, 0.1) is 0 Å². The molecule has 14 heteroatoms. The Bertz CT molecular complexity index is 1950. The number of carbonyl (C=O) groups is 1. The second kappa shape index (κ2) is 48.9. The summed E-state index contributed by atoms with van der Waals surface area (Å²) in [7, 11) is 0. The molecule has 0 aliphatic heterocycles. The van der Waals surface area contributed by atoms with Gasteiger partial charge >= 0.3 is 0 Å². The minimum Gasteiger partial charge on any atom is -0.508 e. The Labute approximate surface area is 408 Å². The van der Waals surface area contributed by atoms with E-state index in [0.717, 1.165) is 50.0 Å². The smallest absolute Gasteiger partial charge is 0.217 e. The number of thiol groups is 1. The van der Waals surface area contributed by atoms with E-state index in [-0.39, 0.29) is 23.4 Å². The van der Waals surface area contributed by atoms with Crippen LogP contribution in [0.25, 0.3) is 10.9 Å². The van der Waals surface area contributed by atoms with Gasteiger partial charge in [0.05, 0.1) is 6.33 Å². The van der Waals surface area contributed by atoms with Crippen molar-refractivity contribution < 1.29 is 20.1 Å². The number of aliphatic imine (C=N–C) groups is 1. The maximum atomic E-state index is 9.59. The highest BCUT2D eigenvalue weighted by atomic mass is 32.2. The maximum absolute atomic E-state index is 9.59. The zero-order valence-corrected chi connectivity index (χ0v) is 43.6. The van der Waals surface area contributed by atoms with Gasteiger partial charge in [-0.3, -0.25) is 9.79 Å². The number of aromatic amines is 2. The molecule has 1 amide bonds. The quantitative estimate of drug-likeness (QED) is 0.0302. The van der Waals surface area contributed by atoms with E-state index in [4.69, 9.17) is 32.5 Å². The lowest BCUT2D eigenvalue weighted by Gasteiger charge is -1.98. The number of thioether (sulfide) groups is 1. The van der Waals surface area contributed by atoms with Crippen LogP contribution in [-0.4, -0.2) is 73.0 Å². The molecule has 0 bridgehead atoms. The first-order valence-electron chi connectivity index (χ1n) is 22.6. The maximum Gasteiger partial charge on any atom is 0.217 e. The van der Waals surface area contributed by atoms with Crippen LogP contribution >= 0.6 is 24.4 Å². The fourth-order valence-electron chi connectivity index (χ4n) is 4.32. The molecule has 66 heavy (non-hydrogen) atoms. The van der Waals surface area contributed by atoms with Gasteiger partial charge in [0.25, 0.3) is 0 Å². The number of nitrogens with one attached hydrogen (secondary N) is 2. The molecule has 0 aliphatic rings. The molecule has 0 aliphatic carbocycles. The van der Waals surface area contributed by atoms with Crippen LogP contribution in [0.15, 0.2) is 121 Å². The Balaban J connectivity index is -0.000000332. The van der Waals surface area contributed by atoms with Gasteiger partial charge in [-0.25, -0.2) is 4.98 Å². The van der Waals surface area contributed by atoms with Crippen LogP contribution in [0.3, 0.4) is 0 Å². The van der Waals surface area contributed by atoms with E-state index in [9.17, 15) is 4.79 Å². The number of fused-ring (bicyclic) bond motifs is 1. The van der Waals surface area contributed by atoms with Gasteiger partial charge in [0.2, 0.25) is 5.91 Å². The van der Waals surface area contributed by atoms with Gasteiger partial charge in [-0.05, 0) is 116 Å². The fraction of sp³-hybridized carbons (Fsp3) is 0.404. The first kappa shape index (κ1) is 67.0. The Morgan fingerprint density at radius 3 is 1.52 bits per heavy atom. The number of aromatic hydroxyl groups is 3. The number of primary amides is 1. The second-order valence-electron chi connectivity index (χ2n) is 13.2. The van der Waals surface area contributed by atoms with Crippen LogP contribution < -0.4 is 22.9 Å². The number of phenolic OH excluding ortho intramolecular Hbond substituents is 3. The lowest BCUT2D eigenvalue weighted by Crippen LogP contribution is -2.22. The number of nitrogens with zero attached hydrogens (tertiary/aromatic N) is 2. The predicted octanol–water partition coefficient (Wildman–Crippen LogP) is 11.0. The van der Waals surface area contributed by atoms with Crippen molar-refractivity contribution >= 4 is 47.2 Å². The van der Waals surface area contributed by atoms with E-state index in [0.29, 0.717) is 18.7 Å². The number of para-hydroxylation sites is 1. The average Bonchev–Trinajstić information content (AvgIpc) is 4.03. The third kappa shape index (κ3) is 41.2. The van der Waals surface area contributed by atoms with E-state index < -0.39 is 0 Å². The summed E-state index contributed by atoms with van der Waals surface area (Å²) >= 11 is 5.65. The molecule has 0 spiro atoms. The molecule has 0 atom stereocenters. The summed E-state index contributed by atoms with van der Waals surface area (Å²) in [6, 6.07) is 31.0. The first-order chi connectivity index (χ1) is 31.6. The van der Waals surface area contributed by atoms with E-state index in [1.54, 1.807) is 37.5 Å². The summed E-state index contributed by atoms with van der Waals surface area (Å²) in [5.74, 6) is 2.34. The molecule has 6 aromatic rings. The molecule has 13 N–H and O–H groups in total. The third-order valence-corrected chi connectivity index (χ3v) is 8.59. The van der Waals surface area contributed by atoms with Crippen LogP contribution in [0.5, 0.6) is 17.2 Å². The van der Waals surface area contributed by atoms with E-state index >= 15 is 0 Å². The standard InChI is InChI=1S/C10H11N.C8H10O2.C8H10O.C8H10.C5H8N2.C3H9N3.C3H7NO.C3H8S.C2H7N.C2H6S/c1-2-8-7-11-10-6-4-3-5-9(8)10;1-2-6-3-4-7(9)8(10)5-6;1-2-7-3-5-8(9)6-4-7;1-2-8-6-4-3-5-7-8;1-2-5-3-6-4-7-5;1-2-6-3(4)5;1-2-3(4)5;1-3-4-2;2*1-2-3/h3-7,11H,2H2,1H3;3-5,9-10H,2H2,1H3;3-6,9H,2H2,1H3;3-7H,2H2,1H3;3-4H,2H2,1H3,(H,6,7);2H2,1H3,(H4,4,5,6);2H2,1H3,(H2,4,5);3H2,1-2H3;2-3H2,1H3;3H,2H2,1H3. The number of phenols is 3. The summed E-state index contributed by atoms with van der Waals surface area (Å²) in [6.07, 6.45) is 13.3. The average molecular weight is 951 g/mol. The number of aromatic nitrogens is 3. The van der Waals surface area contributed by atoms with Gasteiger partial charge in [-0.2, -0.15) is 24.4 Å². The number of rotatable bonds is 8. The van der Waals surface area contributed by atoms with Crippen molar-refractivity contribution in [1.29, 1.82) is 0 Å². The lowest BCUT2D eigenvalue weighted by atomic mass is 10.1. The monoisotopic (exact) mass is 951 g/mol. The zero-order valence-electron chi connectivity index (χ0n) is 41.8. The fourth-order valence-corrected chi connectivity index (χ4v) is 4.32. The van der Waals surface area contributed by atoms with Gasteiger partial charge in [0.15, 0.2) is 17.5 Å². The molecule has 0 unspecified atom stereocenters. The summed E-state index contributed by atoms with van der Waals surface area (Å²) in [5.41, 5.74) is 26.9. The molecule has 12 nitrogen and oxygen atoms in total. The third-order valence-electron chi connectivity index (χ3n) is 8.01. The Morgan fingerprint density at radius 2 is 1.17 bits per heavy atom. The predicted molar refractivity (Wildman–Crippen MR) is 292 cm³/mol. The number of aryl methyl sites for hydroxylation is 5. The van der Waals surface area contributed by atoms with Crippen molar-refractivity contribution in [3.63, 3.8) is 0 Å². The first-order valence-corrected chi connectivity index (χ1v) is 24.6. The highest BCUT2D eigenvalue weighted by Gasteiger charge is 1.98. The number of benzene rings is 4. The van der Waals surface area contributed by atoms with Crippen LogP contribution in [-0.2, 0) is 36.9 Å². The largest absolute Gasteiger partial charge is 0.508 e. The molecule has 0 saturated carbocycles. The molecular weight excluding hydrogens is 865 g/mol. The number of imidazole rings is 1. The van der Waals surface area contributed by atoms with Crippen molar-refractivity contribution in [2.24, 2.45) is 27.9 Å². The second-order valence-corrected chi connectivity index (χ2v) is 15.0. The molecule has 0 fully saturated rings. The van der Waals surface area contributed by atoms with Crippen molar-refractivity contribution in [1.82, 2.24) is 15.0 Å². The minimum atomic E-state index is -0.245. The SMILES string of the molecule is CCC(N)=O.CCN.CCN=C(N)N.CCS.CCSC.CCc1c[nH]c2ccccc12.CCc1ccc(O)c(O)c1.CCc1ccc(O)cc1.CCc1ccccc1.CCc1cnc[nH]1. The highest BCUT2D eigenvalue weighted by molar-refractivity contribution is 7.98. The molecule has 0 radical (unpaired) electrons. The number of amides is 1. The number of hydrogen-bond donors (Lipinski definition) is 10. The normalized spacial score (nSPS) is 8.86. The molecule has 2 heterocycles. The van der Waals surface area contributed by atoms with Gasteiger partial charge in [-0.15, -0.1) is 0 Å². The number of hydrogen-bond acceptors (Lipinski definition) is 9.